The van der Waals surface area contributed by atoms with Crippen molar-refractivity contribution in [3.8, 4) is 5.88 Å². The summed E-state index contributed by atoms with van der Waals surface area (Å²) in [7, 11) is -2.13. The molecule has 0 radical (unpaired) electrons. The zero-order chi connectivity index (χ0) is 40.9. The van der Waals surface area contributed by atoms with Crippen molar-refractivity contribution in [2.75, 3.05) is 35.3 Å². The van der Waals surface area contributed by atoms with Gasteiger partial charge < -0.3 is 19.5 Å². The maximum absolute atomic E-state index is 14.4. The molecule has 0 atom stereocenters. The van der Waals surface area contributed by atoms with Crippen LogP contribution >= 0.6 is 0 Å². The molecule has 0 fully saturated rings. The number of rotatable bonds is 13. The van der Waals surface area contributed by atoms with Crippen LogP contribution in [0.1, 0.15) is 53.5 Å². The molecule has 55 heavy (non-hydrogen) atoms. The minimum absolute atomic E-state index is 0.0472. The van der Waals surface area contributed by atoms with E-state index in [1.807, 2.05) is 0 Å². The van der Waals surface area contributed by atoms with Gasteiger partial charge >= 0.3 is 18.2 Å². The second kappa shape index (κ2) is 16.5. The third-order valence-corrected chi connectivity index (χ3v) is 8.78. The summed E-state index contributed by atoms with van der Waals surface area (Å²) >= 11 is 0. The molecule has 3 N–H and O–H groups in total. The van der Waals surface area contributed by atoms with Gasteiger partial charge in [0.1, 0.15) is 17.2 Å². The molecule has 0 saturated carbocycles. The van der Waals surface area contributed by atoms with Gasteiger partial charge in [-0.15, -0.1) is 0 Å². The Labute approximate surface area is 311 Å². The first-order valence-corrected chi connectivity index (χ1v) is 17.6. The molecular formula is C35H34F5N5O9S. The summed E-state index contributed by atoms with van der Waals surface area (Å²) in [6, 6.07) is 9.74. The molecule has 3 aromatic carbocycles. The number of nitrogens with zero attached hydrogens (tertiary/aromatic N) is 2. The number of nitro groups is 1. The van der Waals surface area contributed by atoms with Crippen LogP contribution in [-0.2, 0) is 38.5 Å². The fourth-order valence-electron chi connectivity index (χ4n) is 5.05. The number of alkyl halides is 3. The minimum atomic E-state index is -5.16. The molecule has 1 amide bonds. The number of nitrogens with one attached hydrogen (secondary N) is 3. The van der Waals surface area contributed by atoms with Crippen molar-refractivity contribution in [2.24, 2.45) is 0 Å². The van der Waals surface area contributed by atoms with Gasteiger partial charge in [0.2, 0.25) is 15.9 Å². The molecule has 0 aliphatic rings. The van der Waals surface area contributed by atoms with Crippen LogP contribution < -0.4 is 20.1 Å². The number of hydrogen-bond donors (Lipinski definition) is 3. The summed E-state index contributed by atoms with van der Waals surface area (Å²) in [4.78, 5) is 40.2. The van der Waals surface area contributed by atoms with E-state index >= 15 is 0 Å². The third-order valence-electron chi connectivity index (χ3n) is 7.51. The van der Waals surface area contributed by atoms with Gasteiger partial charge in [-0.1, -0.05) is 0 Å². The quantitative estimate of drug-likeness (QED) is 0.0520. The Hall–Kier alpha value is -6.05. The molecule has 1 aromatic heterocycles. The molecule has 20 heteroatoms. The van der Waals surface area contributed by atoms with Gasteiger partial charge in [-0.3, -0.25) is 20.2 Å². The summed E-state index contributed by atoms with van der Waals surface area (Å²) < 4.78 is 114. The second-order valence-electron chi connectivity index (χ2n) is 12.7. The number of esters is 1. The smallest absolute Gasteiger partial charge is 0.419 e. The SMILES string of the molecule is COC(=O)c1cc(F)c(C(F)(F)F)cc1Nc1ccc(F)cc1CCS(=O)(=O)Nc1ccc([N+](=O)[O-])cc1Cc1nc(OC)ccc1NC(=O)OC(C)(C)C. The number of methoxy groups -OCH3 is 2. The molecule has 0 aliphatic heterocycles. The van der Waals surface area contributed by atoms with Gasteiger partial charge in [0.05, 0.1) is 58.8 Å². The summed E-state index contributed by atoms with van der Waals surface area (Å²) in [6.07, 6.45) is -6.73. The molecule has 0 aliphatic carbocycles. The number of benzene rings is 3. The summed E-state index contributed by atoms with van der Waals surface area (Å²) in [5, 5.41) is 16.8. The van der Waals surface area contributed by atoms with Crippen molar-refractivity contribution in [1.82, 2.24) is 4.98 Å². The number of sulfonamides is 1. The van der Waals surface area contributed by atoms with E-state index in [0.29, 0.717) is 12.1 Å². The largest absolute Gasteiger partial charge is 0.481 e. The summed E-state index contributed by atoms with van der Waals surface area (Å²) in [5.74, 6) is -4.44. The Morgan fingerprint density at radius 3 is 2.18 bits per heavy atom. The lowest BCUT2D eigenvalue weighted by Gasteiger charge is -2.20. The van der Waals surface area contributed by atoms with Crippen molar-refractivity contribution in [3.63, 3.8) is 0 Å². The number of non-ortho nitro benzene ring substituents is 1. The molecule has 4 aromatic rings. The van der Waals surface area contributed by atoms with E-state index in [-0.39, 0.29) is 46.2 Å². The normalized spacial score (nSPS) is 11.7. The standard InChI is InChI=1S/C35H34F5N5O9S/c1-34(2,3)54-33(47)43-28-10-11-31(52-4)42-30(28)16-20-15-22(45(48)49)7-9-27(20)44-55(50,51)13-12-19-14-21(36)6-8-26(19)41-29-18-24(35(38,39)40)25(37)17-23(29)32(46)53-5/h6-11,14-15,17-18,41,44H,12-13,16H2,1-5H3,(H,43,47). The van der Waals surface area contributed by atoms with Crippen LogP contribution in [0.3, 0.4) is 0 Å². The highest BCUT2D eigenvalue weighted by Gasteiger charge is 2.36. The van der Waals surface area contributed by atoms with E-state index in [1.54, 1.807) is 20.8 Å². The van der Waals surface area contributed by atoms with Gasteiger partial charge in [-0.2, -0.15) is 13.2 Å². The van der Waals surface area contributed by atoms with E-state index in [9.17, 15) is 50.1 Å². The maximum Gasteiger partial charge on any atom is 0.419 e. The number of anilines is 4. The van der Waals surface area contributed by atoms with Crippen molar-refractivity contribution in [1.29, 1.82) is 0 Å². The first-order valence-electron chi connectivity index (χ1n) is 16.0. The third kappa shape index (κ3) is 11.2. The lowest BCUT2D eigenvalue weighted by atomic mass is 10.1. The first-order chi connectivity index (χ1) is 25.6. The highest BCUT2D eigenvalue weighted by atomic mass is 32.2. The molecule has 14 nitrogen and oxygen atoms in total. The molecule has 294 valence electrons. The monoisotopic (exact) mass is 795 g/mol. The molecule has 0 saturated heterocycles. The first kappa shape index (κ1) is 41.7. The number of halogens is 5. The van der Waals surface area contributed by atoms with Crippen molar-refractivity contribution in [3.05, 3.63) is 110 Å². The fraction of sp³-hybridized carbons (Fsp3) is 0.286. The Balaban J connectivity index is 1.66. The molecule has 0 spiro atoms. The highest BCUT2D eigenvalue weighted by Crippen LogP contribution is 2.37. The zero-order valence-electron chi connectivity index (χ0n) is 29.8. The molecular weight excluding hydrogens is 761 g/mol. The predicted molar refractivity (Wildman–Crippen MR) is 190 cm³/mol. The number of aryl methyl sites for hydroxylation is 1. The fourth-order valence-corrected chi connectivity index (χ4v) is 6.17. The Morgan fingerprint density at radius 1 is 0.891 bits per heavy atom. The predicted octanol–water partition coefficient (Wildman–Crippen LogP) is 7.75. The van der Waals surface area contributed by atoms with E-state index in [2.05, 4.69) is 25.1 Å². The van der Waals surface area contributed by atoms with Crippen LogP contribution in [0.5, 0.6) is 5.88 Å². The average Bonchev–Trinajstić information content (AvgIpc) is 3.08. The van der Waals surface area contributed by atoms with E-state index in [4.69, 9.17) is 9.47 Å². The van der Waals surface area contributed by atoms with Crippen LogP contribution in [0, 0.1) is 21.7 Å². The van der Waals surface area contributed by atoms with Crippen molar-refractivity contribution >= 4 is 50.5 Å². The Kier molecular flexibility index (Phi) is 12.5. The van der Waals surface area contributed by atoms with Gasteiger partial charge in [-0.05, 0) is 80.8 Å². The number of aromatic nitrogens is 1. The minimum Gasteiger partial charge on any atom is -0.481 e. The van der Waals surface area contributed by atoms with Crippen LogP contribution in [0.15, 0.2) is 60.7 Å². The number of hydrogen-bond acceptors (Lipinski definition) is 11. The Bertz CT molecular complexity index is 2230. The molecule has 1 heterocycles. The second-order valence-corrected chi connectivity index (χ2v) is 14.6. The van der Waals surface area contributed by atoms with Gasteiger partial charge in [-0.25, -0.2) is 31.8 Å². The van der Waals surface area contributed by atoms with Gasteiger partial charge in [0, 0.05) is 30.3 Å². The average molecular weight is 796 g/mol. The van der Waals surface area contributed by atoms with E-state index in [0.717, 1.165) is 43.5 Å². The summed E-state index contributed by atoms with van der Waals surface area (Å²) in [6.45, 7) is 4.94. The number of ether oxygens (including phenoxy) is 3. The number of amides is 1. The molecule has 4 rings (SSSR count). The molecule has 0 bridgehead atoms. The lowest BCUT2D eigenvalue weighted by Crippen LogP contribution is -2.27. The lowest BCUT2D eigenvalue weighted by molar-refractivity contribution is -0.384. The topological polar surface area (TPSA) is 188 Å². The van der Waals surface area contributed by atoms with Crippen LogP contribution in [0.2, 0.25) is 0 Å². The maximum atomic E-state index is 14.4. The van der Waals surface area contributed by atoms with Crippen LogP contribution in [0.4, 0.5) is 55.2 Å². The number of carbonyl (C=O) groups excluding carboxylic acids is 2. The number of pyridine rings is 1. The number of carbonyl (C=O) groups is 2. The van der Waals surface area contributed by atoms with Gasteiger partial charge in [0.25, 0.3) is 5.69 Å². The Morgan fingerprint density at radius 2 is 1.56 bits per heavy atom. The van der Waals surface area contributed by atoms with Gasteiger partial charge in [0.15, 0.2) is 0 Å². The zero-order valence-corrected chi connectivity index (χ0v) is 30.6. The molecule has 0 unspecified atom stereocenters. The van der Waals surface area contributed by atoms with E-state index < -0.39 is 85.1 Å². The summed E-state index contributed by atoms with van der Waals surface area (Å²) in [5.41, 5.74) is -4.18. The highest BCUT2D eigenvalue weighted by molar-refractivity contribution is 7.92. The van der Waals surface area contributed by atoms with Crippen molar-refractivity contribution in [2.45, 2.75) is 45.4 Å². The number of nitro benzene ring substituents is 1. The van der Waals surface area contributed by atoms with E-state index in [1.165, 1.54) is 19.2 Å². The van der Waals surface area contributed by atoms with Crippen molar-refractivity contribution < 1.29 is 59.1 Å². The van der Waals surface area contributed by atoms with Crippen LogP contribution in [-0.4, -0.2) is 56.0 Å². The van der Waals surface area contributed by atoms with Crippen LogP contribution in [0.25, 0.3) is 0 Å².